The normalized spacial score (nSPS) is 19.8. The van der Waals surface area contributed by atoms with E-state index in [0.29, 0.717) is 11.2 Å². The van der Waals surface area contributed by atoms with Crippen molar-refractivity contribution in [2.45, 2.75) is 38.7 Å². The van der Waals surface area contributed by atoms with Crippen LogP contribution in [0.2, 0.25) is 0 Å². The third-order valence-electron chi connectivity index (χ3n) is 4.43. The Bertz CT molecular complexity index is 1140. The van der Waals surface area contributed by atoms with Gasteiger partial charge < -0.3 is 24.6 Å². The number of phosphoric ester groups is 1. The first-order valence-electron chi connectivity index (χ1n) is 9.97. The fraction of sp³-hybridized carbons (Fsp3) is 0.368. The van der Waals surface area contributed by atoms with Crippen LogP contribution in [0, 0.1) is 0 Å². The molecule has 3 aromatic rings. The maximum Gasteiger partial charge on any atom is 0.469 e. The number of carbonyl (C=O) groups is 2. The van der Waals surface area contributed by atoms with E-state index in [-0.39, 0.29) is 18.1 Å². The summed E-state index contributed by atoms with van der Waals surface area (Å²) in [5, 5.41) is 2.55. The Hall–Kier alpha value is -3.29. The summed E-state index contributed by atoms with van der Waals surface area (Å²) in [6.45, 7) is 2.07. The Labute approximate surface area is 193 Å². The average molecular weight is 494 g/mol. The molecule has 14 nitrogen and oxygen atoms in total. The lowest BCUT2D eigenvalue weighted by atomic mass is 10.2. The summed E-state index contributed by atoms with van der Waals surface area (Å²) in [5.74, 6) is -0.662. The van der Waals surface area contributed by atoms with Gasteiger partial charge in [-0.3, -0.25) is 23.7 Å². The molecular weight excluding hydrogens is 471 g/mol. The zero-order valence-corrected chi connectivity index (χ0v) is 19.1. The highest BCUT2D eigenvalue weighted by Crippen LogP contribution is 2.39. The lowest BCUT2D eigenvalue weighted by Crippen LogP contribution is -2.30. The molecule has 1 fully saturated rings. The van der Waals surface area contributed by atoms with Gasteiger partial charge in [-0.25, -0.2) is 19.5 Å². The lowest BCUT2D eigenvalue weighted by molar-refractivity contribution is -0.150. The van der Waals surface area contributed by atoms with E-state index in [2.05, 4.69) is 29.8 Å². The van der Waals surface area contributed by atoms with Crippen LogP contribution < -0.4 is 5.32 Å². The van der Waals surface area contributed by atoms with Gasteiger partial charge in [0.2, 0.25) is 5.91 Å². The molecule has 15 heteroatoms. The number of imidazole rings is 1. The molecule has 0 spiro atoms. The maximum atomic E-state index is 11.3. The number of fused-ring (bicyclic) bond motifs is 1. The highest BCUT2D eigenvalue weighted by atomic mass is 31.2. The van der Waals surface area contributed by atoms with Gasteiger partial charge in [-0.1, -0.05) is 6.07 Å². The summed E-state index contributed by atoms with van der Waals surface area (Å²) < 4.78 is 28.0. The minimum Gasteiger partial charge on any atom is -0.460 e. The molecule has 0 unspecified atom stereocenters. The molecule has 4 heterocycles. The smallest absolute Gasteiger partial charge is 0.460 e. The molecule has 0 aliphatic carbocycles. The van der Waals surface area contributed by atoms with Crippen molar-refractivity contribution in [1.29, 1.82) is 0 Å². The van der Waals surface area contributed by atoms with Crippen LogP contribution in [0.1, 0.15) is 26.5 Å². The van der Waals surface area contributed by atoms with Crippen LogP contribution in [-0.2, 0) is 28.2 Å². The molecule has 0 radical (unpaired) electrons. The standard InChI is InChI=1S/C14H18N5O8P.C5H5N/c1-7(20)18-13-12-14(16-5-15-13)19(6-17-12)11-3-9(26-8(2)21)10(27-11)4-25-28(22,23)24;1-2-4-6-5-3-1/h5-6,9-11H,3-4H2,1-2H3,(H2,22,23,24)(H,15,16,18,20);1-5H/t9-,10+,11+;/m0./s1. The molecule has 1 saturated heterocycles. The maximum absolute atomic E-state index is 11.3. The minimum atomic E-state index is -4.72. The van der Waals surface area contributed by atoms with Crippen LogP contribution in [0.3, 0.4) is 0 Å². The van der Waals surface area contributed by atoms with Crippen molar-refractivity contribution in [3.05, 3.63) is 43.2 Å². The third kappa shape index (κ3) is 7.10. The van der Waals surface area contributed by atoms with E-state index in [1.165, 1.54) is 26.5 Å². The monoisotopic (exact) mass is 494 g/mol. The van der Waals surface area contributed by atoms with E-state index in [0.717, 1.165) is 0 Å². The number of carbonyl (C=O) groups excluding carboxylic acids is 2. The Morgan fingerprint density at radius 2 is 1.94 bits per heavy atom. The second-order valence-electron chi connectivity index (χ2n) is 7.05. The number of pyridine rings is 1. The second kappa shape index (κ2) is 11.2. The molecule has 34 heavy (non-hydrogen) atoms. The number of ether oxygens (including phenoxy) is 2. The highest BCUT2D eigenvalue weighted by Gasteiger charge is 2.40. The summed E-state index contributed by atoms with van der Waals surface area (Å²) in [6, 6.07) is 5.72. The zero-order chi connectivity index (χ0) is 24.7. The van der Waals surface area contributed by atoms with Gasteiger partial charge >= 0.3 is 13.8 Å². The molecule has 3 atom stereocenters. The summed E-state index contributed by atoms with van der Waals surface area (Å²) in [4.78, 5) is 56.5. The molecule has 0 bridgehead atoms. The van der Waals surface area contributed by atoms with Gasteiger partial charge in [0, 0.05) is 32.7 Å². The molecular formula is C19H23N6O8P. The Kier molecular flexibility index (Phi) is 8.36. The van der Waals surface area contributed by atoms with Gasteiger partial charge in [-0.15, -0.1) is 0 Å². The van der Waals surface area contributed by atoms with E-state index in [4.69, 9.17) is 19.3 Å². The van der Waals surface area contributed by atoms with Crippen LogP contribution in [0.5, 0.6) is 0 Å². The van der Waals surface area contributed by atoms with Gasteiger partial charge in [0.25, 0.3) is 0 Å². The Morgan fingerprint density at radius 1 is 1.21 bits per heavy atom. The van der Waals surface area contributed by atoms with Crippen LogP contribution in [-0.4, -0.2) is 65.0 Å². The molecule has 4 rings (SSSR count). The van der Waals surface area contributed by atoms with E-state index in [1.54, 1.807) is 17.0 Å². The van der Waals surface area contributed by atoms with Crippen molar-refractivity contribution >= 4 is 36.7 Å². The second-order valence-corrected chi connectivity index (χ2v) is 8.29. The summed E-state index contributed by atoms with van der Waals surface area (Å²) in [6.07, 6.45) is 3.96. The van der Waals surface area contributed by atoms with Crippen molar-refractivity contribution in [3.8, 4) is 0 Å². The lowest BCUT2D eigenvalue weighted by Gasteiger charge is -2.18. The molecule has 3 N–H and O–H groups in total. The highest BCUT2D eigenvalue weighted by molar-refractivity contribution is 7.46. The van der Waals surface area contributed by atoms with E-state index in [1.807, 2.05) is 18.2 Å². The van der Waals surface area contributed by atoms with Crippen LogP contribution in [0.15, 0.2) is 43.2 Å². The van der Waals surface area contributed by atoms with Gasteiger partial charge in [0.15, 0.2) is 17.0 Å². The summed E-state index contributed by atoms with van der Waals surface area (Å²) in [7, 11) is -4.72. The van der Waals surface area contributed by atoms with Gasteiger partial charge in [0.05, 0.1) is 12.9 Å². The number of esters is 1. The topological polar surface area (TPSA) is 188 Å². The number of amides is 1. The quantitative estimate of drug-likeness (QED) is 0.328. The predicted octanol–water partition coefficient (Wildman–Crippen LogP) is 1.19. The number of nitrogens with one attached hydrogen (secondary N) is 1. The van der Waals surface area contributed by atoms with Crippen LogP contribution in [0.25, 0.3) is 11.2 Å². The SMILES string of the molecule is CC(=O)Nc1ncnc2c1ncn2[C@H]1C[C@H](OC(C)=O)[C@@H](COP(=O)(O)O)O1.c1ccncc1. The largest absolute Gasteiger partial charge is 0.469 e. The van der Waals surface area contributed by atoms with Crippen molar-refractivity contribution in [3.63, 3.8) is 0 Å². The van der Waals surface area contributed by atoms with Crippen LogP contribution >= 0.6 is 7.82 Å². The van der Waals surface area contributed by atoms with Crippen LogP contribution in [0.4, 0.5) is 5.82 Å². The zero-order valence-electron chi connectivity index (χ0n) is 18.2. The summed E-state index contributed by atoms with van der Waals surface area (Å²) >= 11 is 0. The Balaban J connectivity index is 0.000000469. The number of rotatable bonds is 6. The van der Waals surface area contributed by atoms with Crippen molar-refractivity contribution in [2.75, 3.05) is 11.9 Å². The molecule has 0 aromatic carbocycles. The van der Waals surface area contributed by atoms with Crippen molar-refractivity contribution in [2.24, 2.45) is 0 Å². The molecule has 182 valence electrons. The molecule has 1 aliphatic rings. The fourth-order valence-electron chi connectivity index (χ4n) is 3.16. The van der Waals surface area contributed by atoms with E-state index >= 15 is 0 Å². The average Bonchev–Trinajstić information content (AvgIpc) is 3.37. The first-order chi connectivity index (χ1) is 16.1. The first-order valence-corrected chi connectivity index (χ1v) is 11.5. The molecule has 0 saturated carbocycles. The number of phosphoric acid groups is 1. The summed E-state index contributed by atoms with van der Waals surface area (Å²) in [5.41, 5.74) is 0.696. The molecule has 3 aromatic heterocycles. The number of anilines is 1. The number of aromatic nitrogens is 5. The number of hydrogen-bond acceptors (Lipinski definition) is 10. The molecule has 1 amide bonds. The number of nitrogens with zero attached hydrogens (tertiary/aromatic N) is 5. The Morgan fingerprint density at radius 3 is 2.50 bits per heavy atom. The van der Waals surface area contributed by atoms with E-state index < -0.39 is 38.8 Å². The number of hydrogen-bond donors (Lipinski definition) is 3. The molecule has 1 aliphatic heterocycles. The van der Waals surface area contributed by atoms with E-state index in [9.17, 15) is 14.2 Å². The first kappa shape index (κ1) is 25.3. The van der Waals surface area contributed by atoms with Gasteiger partial charge in [-0.05, 0) is 12.1 Å². The third-order valence-corrected chi connectivity index (χ3v) is 4.92. The predicted molar refractivity (Wildman–Crippen MR) is 116 cm³/mol. The van der Waals surface area contributed by atoms with Gasteiger partial charge in [0.1, 0.15) is 24.8 Å². The van der Waals surface area contributed by atoms with Crippen molar-refractivity contribution in [1.82, 2.24) is 24.5 Å². The van der Waals surface area contributed by atoms with Crippen molar-refractivity contribution < 1.29 is 37.9 Å². The fourth-order valence-corrected chi connectivity index (χ4v) is 3.50. The van der Waals surface area contributed by atoms with Gasteiger partial charge in [-0.2, -0.15) is 0 Å². The minimum absolute atomic E-state index is 0.180.